The fraction of sp³-hybridized carbons (Fsp3) is 0.0612. The molecule has 2 nitrogen and oxygen atoms in total. The number of para-hydroxylation sites is 2. The number of anilines is 3. The maximum atomic E-state index is 2.45. The van der Waals surface area contributed by atoms with Crippen LogP contribution < -0.4 is 4.90 Å². The topological polar surface area (TPSA) is 8.17 Å². The third-order valence-electron chi connectivity index (χ3n) is 11.0. The van der Waals surface area contributed by atoms with Crippen molar-refractivity contribution in [2.24, 2.45) is 0 Å². The molecule has 2 heteroatoms. The van der Waals surface area contributed by atoms with Crippen molar-refractivity contribution in [1.29, 1.82) is 0 Å². The number of hydrogen-bond donors (Lipinski definition) is 0. The van der Waals surface area contributed by atoms with Crippen LogP contribution in [0.2, 0.25) is 0 Å². The summed E-state index contributed by atoms with van der Waals surface area (Å²) < 4.78 is 2.43. The Morgan fingerprint density at radius 2 is 1.04 bits per heavy atom. The third-order valence-corrected chi connectivity index (χ3v) is 11.0. The quantitative estimate of drug-likeness (QED) is 0.180. The van der Waals surface area contributed by atoms with Crippen molar-refractivity contribution in [3.63, 3.8) is 0 Å². The largest absolute Gasteiger partial charge is 0.311 e. The number of fused-ring (bicyclic) bond motifs is 8. The van der Waals surface area contributed by atoms with Gasteiger partial charge in [-0.2, -0.15) is 0 Å². The second-order valence-electron chi connectivity index (χ2n) is 14.2. The van der Waals surface area contributed by atoms with Crippen LogP contribution >= 0.6 is 0 Å². The molecule has 0 spiro atoms. The first-order valence-corrected chi connectivity index (χ1v) is 17.8. The summed E-state index contributed by atoms with van der Waals surface area (Å²) in [4.78, 5) is 2.33. The lowest BCUT2D eigenvalue weighted by molar-refractivity contribution is 0.661. The highest BCUT2D eigenvalue weighted by Crippen LogP contribution is 2.52. The summed E-state index contributed by atoms with van der Waals surface area (Å²) in [5.41, 5.74) is 14.9. The molecule has 0 atom stereocenters. The molecule has 8 aromatic carbocycles. The fourth-order valence-corrected chi connectivity index (χ4v) is 8.48. The molecule has 0 radical (unpaired) electrons. The lowest BCUT2D eigenvalue weighted by Gasteiger charge is -2.26. The van der Waals surface area contributed by atoms with Gasteiger partial charge in [0.25, 0.3) is 0 Å². The molecule has 0 aliphatic heterocycles. The number of hydrogen-bond acceptors (Lipinski definition) is 1. The van der Waals surface area contributed by atoms with Crippen molar-refractivity contribution in [3.8, 4) is 27.9 Å². The predicted molar refractivity (Wildman–Crippen MR) is 216 cm³/mol. The molecule has 1 heterocycles. The molecule has 9 aromatic rings. The summed E-state index contributed by atoms with van der Waals surface area (Å²) >= 11 is 0. The van der Waals surface area contributed by atoms with Crippen LogP contribution in [0.25, 0.3) is 60.5 Å². The van der Waals surface area contributed by atoms with E-state index in [0.29, 0.717) is 0 Å². The Morgan fingerprint density at radius 1 is 0.431 bits per heavy atom. The van der Waals surface area contributed by atoms with Crippen molar-refractivity contribution >= 4 is 49.6 Å². The van der Waals surface area contributed by atoms with Gasteiger partial charge in [0.1, 0.15) is 0 Å². The Balaban J connectivity index is 1.11. The minimum Gasteiger partial charge on any atom is -0.311 e. The number of nitrogens with zero attached hydrogens (tertiary/aromatic N) is 2. The van der Waals surface area contributed by atoms with Crippen molar-refractivity contribution in [3.05, 3.63) is 193 Å². The average molecular weight is 653 g/mol. The molecule has 1 aliphatic carbocycles. The second kappa shape index (κ2) is 11.3. The van der Waals surface area contributed by atoms with Crippen LogP contribution in [0, 0.1) is 0 Å². The zero-order chi connectivity index (χ0) is 34.1. The van der Waals surface area contributed by atoms with Crippen molar-refractivity contribution < 1.29 is 0 Å². The van der Waals surface area contributed by atoms with E-state index >= 15 is 0 Å². The van der Waals surface area contributed by atoms with Crippen molar-refractivity contribution in [2.45, 2.75) is 19.3 Å². The first-order valence-electron chi connectivity index (χ1n) is 17.8. The van der Waals surface area contributed by atoms with E-state index < -0.39 is 0 Å². The van der Waals surface area contributed by atoms with E-state index in [-0.39, 0.29) is 5.41 Å². The summed E-state index contributed by atoms with van der Waals surface area (Å²) in [6.07, 6.45) is 0. The van der Waals surface area contributed by atoms with Gasteiger partial charge in [0.05, 0.1) is 11.0 Å². The minimum absolute atomic E-state index is 0.0254. The molecule has 1 aromatic heterocycles. The Hall–Kier alpha value is -6.38. The van der Waals surface area contributed by atoms with Crippen LogP contribution in [-0.2, 0) is 5.41 Å². The number of benzene rings is 8. The van der Waals surface area contributed by atoms with Gasteiger partial charge in [0.2, 0.25) is 0 Å². The van der Waals surface area contributed by atoms with E-state index in [1.165, 1.54) is 66.0 Å². The van der Waals surface area contributed by atoms with Crippen LogP contribution in [0.1, 0.15) is 25.0 Å². The van der Waals surface area contributed by atoms with Crippen molar-refractivity contribution in [2.75, 3.05) is 4.90 Å². The summed E-state index contributed by atoms with van der Waals surface area (Å²) in [7, 11) is 0. The van der Waals surface area contributed by atoms with Gasteiger partial charge in [0, 0.05) is 38.9 Å². The summed E-state index contributed by atoms with van der Waals surface area (Å²) in [5.74, 6) is 0. The summed E-state index contributed by atoms with van der Waals surface area (Å²) in [6, 6.07) is 66.4. The van der Waals surface area contributed by atoms with Gasteiger partial charge < -0.3 is 9.47 Å². The lowest BCUT2D eigenvalue weighted by atomic mass is 9.82. The molecular weight excluding hydrogens is 617 g/mol. The maximum absolute atomic E-state index is 2.45. The Morgan fingerprint density at radius 3 is 1.80 bits per heavy atom. The zero-order valence-electron chi connectivity index (χ0n) is 28.7. The first kappa shape index (κ1) is 29.5. The lowest BCUT2D eigenvalue weighted by Crippen LogP contribution is -2.14. The molecule has 0 saturated heterocycles. The van der Waals surface area contributed by atoms with E-state index in [2.05, 4.69) is 205 Å². The molecule has 242 valence electrons. The molecule has 0 saturated carbocycles. The Bertz CT molecular complexity index is 2740. The van der Waals surface area contributed by atoms with Gasteiger partial charge >= 0.3 is 0 Å². The molecule has 10 rings (SSSR count). The van der Waals surface area contributed by atoms with E-state index in [0.717, 1.165) is 22.7 Å². The number of aromatic nitrogens is 1. The monoisotopic (exact) mass is 652 g/mol. The van der Waals surface area contributed by atoms with E-state index in [4.69, 9.17) is 0 Å². The third kappa shape index (κ3) is 4.57. The molecule has 0 amide bonds. The molecule has 51 heavy (non-hydrogen) atoms. The maximum Gasteiger partial charge on any atom is 0.0547 e. The summed E-state index contributed by atoms with van der Waals surface area (Å²) in [5, 5.41) is 5.14. The molecule has 0 N–H and O–H groups in total. The van der Waals surface area contributed by atoms with Crippen LogP contribution in [0.15, 0.2) is 182 Å². The van der Waals surface area contributed by atoms with Gasteiger partial charge in [-0.1, -0.05) is 129 Å². The van der Waals surface area contributed by atoms with E-state index in [9.17, 15) is 0 Å². The molecule has 0 fully saturated rings. The normalized spacial score (nSPS) is 13.1. The van der Waals surface area contributed by atoms with E-state index in [1.54, 1.807) is 0 Å². The standard InChI is InChI=1S/C49H36N2/c1-49(2)44-19-11-9-18-41(44)48-42-32-43-40-17-10-12-20-46(40)51(47(43)31-35(42)23-30-45(48)49)39-28-26-38(27-29-39)50(36-15-7-4-8-16-36)37-24-21-34(22-25-37)33-13-5-3-6-14-33/h3-32H,1-2H3. The predicted octanol–water partition coefficient (Wildman–Crippen LogP) is 13.4. The fourth-order valence-electron chi connectivity index (χ4n) is 8.48. The number of rotatable bonds is 5. The van der Waals surface area contributed by atoms with E-state index in [1.807, 2.05) is 0 Å². The smallest absolute Gasteiger partial charge is 0.0547 e. The average Bonchev–Trinajstić information content (AvgIpc) is 3.63. The molecule has 1 aliphatic rings. The van der Waals surface area contributed by atoms with Crippen LogP contribution in [0.3, 0.4) is 0 Å². The van der Waals surface area contributed by atoms with Gasteiger partial charge in [0.15, 0.2) is 0 Å². The van der Waals surface area contributed by atoms with Gasteiger partial charge in [-0.05, 0) is 111 Å². The highest BCUT2D eigenvalue weighted by atomic mass is 15.1. The molecular formula is C49H36N2. The Labute approximate surface area is 298 Å². The van der Waals surface area contributed by atoms with Gasteiger partial charge in [-0.15, -0.1) is 0 Å². The van der Waals surface area contributed by atoms with Crippen LogP contribution in [-0.4, -0.2) is 4.57 Å². The SMILES string of the molecule is CC1(C)c2ccccc2-c2c1ccc1cc3c(cc21)c1ccccc1n3-c1ccc(N(c2ccccc2)c2ccc(-c3ccccc3)cc2)cc1. The highest BCUT2D eigenvalue weighted by molar-refractivity contribution is 6.16. The van der Waals surface area contributed by atoms with Crippen LogP contribution in [0.5, 0.6) is 0 Å². The second-order valence-corrected chi connectivity index (χ2v) is 14.2. The minimum atomic E-state index is -0.0254. The van der Waals surface area contributed by atoms with Crippen LogP contribution in [0.4, 0.5) is 17.1 Å². The first-order chi connectivity index (χ1) is 25.1. The summed E-state index contributed by atoms with van der Waals surface area (Å²) in [6.45, 7) is 4.71. The zero-order valence-corrected chi connectivity index (χ0v) is 28.7. The highest BCUT2D eigenvalue weighted by Gasteiger charge is 2.36. The van der Waals surface area contributed by atoms with Gasteiger partial charge in [-0.3, -0.25) is 0 Å². The Kier molecular flexibility index (Phi) is 6.56. The van der Waals surface area contributed by atoms with Crippen molar-refractivity contribution in [1.82, 2.24) is 4.57 Å². The van der Waals surface area contributed by atoms with Gasteiger partial charge in [-0.25, -0.2) is 0 Å². The molecule has 0 unspecified atom stereocenters. The molecule has 0 bridgehead atoms.